The predicted octanol–water partition coefficient (Wildman–Crippen LogP) is 2.27. The first kappa shape index (κ1) is 16.7. The third kappa shape index (κ3) is 3.47. The van der Waals surface area contributed by atoms with Crippen molar-refractivity contribution < 1.29 is 17.6 Å². The molecule has 1 N–H and O–H groups in total. The van der Waals surface area contributed by atoms with E-state index in [-0.39, 0.29) is 16.7 Å². The lowest BCUT2D eigenvalue weighted by Crippen LogP contribution is -2.34. The SMILES string of the molecule is O=S(=O)(NC[C@H]1COc2ccccc2C1)c1cccc(-c2nnco2)c1. The Kier molecular flexibility index (Phi) is 4.44. The maximum Gasteiger partial charge on any atom is 0.247 e. The normalized spacial score (nSPS) is 16.7. The molecule has 1 aliphatic rings. The number of hydrogen-bond acceptors (Lipinski definition) is 6. The van der Waals surface area contributed by atoms with Gasteiger partial charge in [-0.1, -0.05) is 24.3 Å². The number of rotatable bonds is 5. The van der Waals surface area contributed by atoms with Crippen LogP contribution in [-0.2, 0) is 16.4 Å². The molecule has 1 aliphatic heterocycles. The van der Waals surface area contributed by atoms with Crippen LogP contribution in [0.1, 0.15) is 5.56 Å². The van der Waals surface area contributed by atoms with Gasteiger partial charge in [-0.2, -0.15) is 0 Å². The molecule has 134 valence electrons. The quantitative estimate of drug-likeness (QED) is 0.739. The van der Waals surface area contributed by atoms with Crippen molar-refractivity contribution in [3.8, 4) is 17.2 Å². The Hall–Kier alpha value is -2.71. The van der Waals surface area contributed by atoms with E-state index in [1.165, 1.54) is 18.5 Å². The van der Waals surface area contributed by atoms with Crippen molar-refractivity contribution in [3.63, 3.8) is 0 Å². The van der Waals surface area contributed by atoms with E-state index in [4.69, 9.17) is 9.15 Å². The van der Waals surface area contributed by atoms with Gasteiger partial charge in [0.05, 0.1) is 11.5 Å². The average Bonchev–Trinajstić information content (AvgIpc) is 3.21. The van der Waals surface area contributed by atoms with Crippen LogP contribution in [0.15, 0.2) is 64.2 Å². The number of benzene rings is 2. The summed E-state index contributed by atoms with van der Waals surface area (Å²) in [6, 6.07) is 14.2. The van der Waals surface area contributed by atoms with Crippen molar-refractivity contribution in [2.45, 2.75) is 11.3 Å². The lowest BCUT2D eigenvalue weighted by molar-refractivity contribution is 0.223. The van der Waals surface area contributed by atoms with Crippen LogP contribution in [0.4, 0.5) is 0 Å². The Labute approximate surface area is 151 Å². The van der Waals surface area contributed by atoms with E-state index in [1.807, 2.05) is 24.3 Å². The lowest BCUT2D eigenvalue weighted by atomic mass is 9.97. The van der Waals surface area contributed by atoms with Crippen molar-refractivity contribution in [1.82, 2.24) is 14.9 Å². The molecule has 0 aliphatic carbocycles. The molecule has 4 rings (SSSR count). The molecule has 0 amide bonds. The molecule has 2 aromatic carbocycles. The maximum absolute atomic E-state index is 12.6. The number of aromatic nitrogens is 2. The highest BCUT2D eigenvalue weighted by Crippen LogP contribution is 2.27. The molecular formula is C18H17N3O4S. The maximum atomic E-state index is 12.6. The number of nitrogens with one attached hydrogen (secondary N) is 1. The van der Waals surface area contributed by atoms with Crippen LogP contribution in [-0.4, -0.2) is 31.8 Å². The summed E-state index contributed by atoms with van der Waals surface area (Å²) >= 11 is 0. The second-order valence-electron chi connectivity index (χ2n) is 6.11. The van der Waals surface area contributed by atoms with Gasteiger partial charge in [-0.05, 0) is 36.2 Å². The molecule has 7 nitrogen and oxygen atoms in total. The summed E-state index contributed by atoms with van der Waals surface area (Å²) in [6.07, 6.45) is 1.98. The number of ether oxygens (including phenoxy) is 1. The van der Waals surface area contributed by atoms with Gasteiger partial charge in [0.1, 0.15) is 5.75 Å². The standard InChI is InChI=1S/C18H17N3O4S/c22-26(23,16-6-3-5-15(9-16)18-21-19-12-25-18)20-10-13-8-14-4-1-2-7-17(14)24-11-13/h1-7,9,12-13,20H,8,10-11H2/t13-/m0/s1. The average molecular weight is 371 g/mol. The van der Waals surface area contributed by atoms with Crippen molar-refractivity contribution >= 4 is 10.0 Å². The molecule has 0 unspecified atom stereocenters. The van der Waals surface area contributed by atoms with Crippen molar-refractivity contribution in [2.24, 2.45) is 5.92 Å². The zero-order chi connectivity index (χ0) is 18.0. The molecule has 2 heterocycles. The first-order chi connectivity index (χ1) is 12.6. The fourth-order valence-corrected chi connectivity index (χ4v) is 4.09. The van der Waals surface area contributed by atoms with E-state index >= 15 is 0 Å². The fraction of sp³-hybridized carbons (Fsp3) is 0.222. The molecule has 0 bridgehead atoms. The molecule has 1 atom stereocenters. The first-order valence-corrected chi connectivity index (χ1v) is 9.67. The third-order valence-corrected chi connectivity index (χ3v) is 5.69. The predicted molar refractivity (Wildman–Crippen MR) is 94.1 cm³/mol. The summed E-state index contributed by atoms with van der Waals surface area (Å²) < 4.78 is 38.8. The Bertz CT molecular complexity index is 1000. The van der Waals surface area contributed by atoms with Crippen molar-refractivity contribution in [3.05, 3.63) is 60.5 Å². The number of sulfonamides is 1. The molecule has 1 aromatic heterocycles. The highest BCUT2D eigenvalue weighted by atomic mass is 32.2. The van der Waals surface area contributed by atoms with E-state index in [2.05, 4.69) is 14.9 Å². The summed E-state index contributed by atoms with van der Waals surface area (Å²) in [6.45, 7) is 0.795. The Morgan fingerprint density at radius 1 is 1.15 bits per heavy atom. The topological polar surface area (TPSA) is 94.3 Å². The van der Waals surface area contributed by atoms with Gasteiger partial charge in [-0.3, -0.25) is 0 Å². The smallest absolute Gasteiger partial charge is 0.247 e. The monoisotopic (exact) mass is 371 g/mol. The van der Waals surface area contributed by atoms with Crippen LogP contribution in [0.2, 0.25) is 0 Å². The number of nitrogens with zero attached hydrogens (tertiary/aromatic N) is 2. The highest BCUT2D eigenvalue weighted by molar-refractivity contribution is 7.89. The second kappa shape index (κ2) is 6.89. The molecule has 0 fully saturated rings. The number of hydrogen-bond donors (Lipinski definition) is 1. The number of fused-ring (bicyclic) bond motifs is 1. The number of para-hydroxylation sites is 1. The third-order valence-electron chi connectivity index (χ3n) is 4.27. The summed E-state index contributed by atoms with van der Waals surface area (Å²) in [4.78, 5) is 0.158. The van der Waals surface area contributed by atoms with Gasteiger partial charge < -0.3 is 9.15 Å². The Morgan fingerprint density at radius 3 is 2.88 bits per heavy atom. The van der Waals surface area contributed by atoms with Gasteiger partial charge >= 0.3 is 0 Å². The van der Waals surface area contributed by atoms with Crippen LogP contribution in [0, 0.1) is 5.92 Å². The minimum atomic E-state index is -3.65. The molecule has 3 aromatic rings. The summed E-state index contributed by atoms with van der Waals surface area (Å²) in [5.41, 5.74) is 1.65. The van der Waals surface area contributed by atoms with Gasteiger partial charge in [0.25, 0.3) is 0 Å². The largest absolute Gasteiger partial charge is 0.493 e. The molecule has 26 heavy (non-hydrogen) atoms. The second-order valence-corrected chi connectivity index (χ2v) is 7.88. The van der Waals surface area contributed by atoms with E-state index in [1.54, 1.807) is 12.1 Å². The Morgan fingerprint density at radius 2 is 2.04 bits per heavy atom. The van der Waals surface area contributed by atoms with Crippen LogP contribution in [0.5, 0.6) is 5.75 Å². The Balaban J connectivity index is 1.46. The van der Waals surface area contributed by atoms with E-state index in [9.17, 15) is 8.42 Å². The van der Waals surface area contributed by atoms with Crippen molar-refractivity contribution in [1.29, 1.82) is 0 Å². The molecule has 0 spiro atoms. The summed E-state index contributed by atoms with van der Waals surface area (Å²) in [5.74, 6) is 1.23. The molecular weight excluding hydrogens is 354 g/mol. The molecule has 0 radical (unpaired) electrons. The van der Waals surface area contributed by atoms with Gasteiger partial charge in [0.2, 0.25) is 22.3 Å². The van der Waals surface area contributed by atoms with Crippen LogP contribution in [0.3, 0.4) is 0 Å². The van der Waals surface area contributed by atoms with Gasteiger partial charge in [0.15, 0.2) is 0 Å². The van der Waals surface area contributed by atoms with Gasteiger partial charge in [0, 0.05) is 18.0 Å². The zero-order valence-corrected chi connectivity index (χ0v) is 14.6. The van der Waals surface area contributed by atoms with Gasteiger partial charge in [-0.25, -0.2) is 13.1 Å². The molecule has 0 saturated carbocycles. The van der Waals surface area contributed by atoms with E-state index in [0.717, 1.165) is 17.7 Å². The van der Waals surface area contributed by atoms with E-state index in [0.29, 0.717) is 18.7 Å². The fourth-order valence-electron chi connectivity index (χ4n) is 2.93. The minimum absolute atomic E-state index is 0.0822. The van der Waals surface area contributed by atoms with E-state index < -0.39 is 10.0 Å². The van der Waals surface area contributed by atoms with Gasteiger partial charge in [-0.15, -0.1) is 10.2 Å². The van der Waals surface area contributed by atoms with Crippen LogP contribution < -0.4 is 9.46 Å². The summed E-state index contributed by atoms with van der Waals surface area (Å²) in [5, 5.41) is 7.41. The van der Waals surface area contributed by atoms with Crippen LogP contribution in [0.25, 0.3) is 11.5 Å². The lowest BCUT2D eigenvalue weighted by Gasteiger charge is -2.25. The molecule has 0 saturated heterocycles. The van der Waals surface area contributed by atoms with Crippen LogP contribution >= 0.6 is 0 Å². The summed E-state index contributed by atoms with van der Waals surface area (Å²) in [7, 11) is -3.65. The zero-order valence-electron chi connectivity index (χ0n) is 13.8. The first-order valence-electron chi connectivity index (χ1n) is 8.19. The highest BCUT2D eigenvalue weighted by Gasteiger charge is 2.22. The minimum Gasteiger partial charge on any atom is -0.493 e. The molecule has 8 heteroatoms. The van der Waals surface area contributed by atoms with Crippen molar-refractivity contribution in [2.75, 3.05) is 13.2 Å².